The van der Waals surface area contributed by atoms with Gasteiger partial charge in [0.2, 0.25) is 5.95 Å². The number of hydrogen-bond acceptors (Lipinski definition) is 5. The molecular formula is C54H34N6. The van der Waals surface area contributed by atoms with Gasteiger partial charge in [0.15, 0.2) is 17.5 Å². The molecule has 0 amide bonds. The van der Waals surface area contributed by atoms with E-state index in [0.717, 1.165) is 43.7 Å². The molecule has 0 spiro atoms. The van der Waals surface area contributed by atoms with Crippen LogP contribution in [0.4, 0.5) is 0 Å². The Morgan fingerprint density at radius 1 is 0.367 bits per heavy atom. The summed E-state index contributed by atoms with van der Waals surface area (Å²) in [6.45, 7) is 0. The van der Waals surface area contributed by atoms with Crippen LogP contribution in [-0.2, 0) is 5.41 Å². The predicted molar refractivity (Wildman–Crippen MR) is 241 cm³/mol. The third-order valence-electron chi connectivity index (χ3n) is 12.0. The van der Waals surface area contributed by atoms with Crippen molar-refractivity contribution >= 4 is 32.6 Å². The minimum Gasteiger partial charge on any atom is -0.278 e. The largest absolute Gasteiger partial charge is 0.278 e. The second kappa shape index (κ2) is 13.5. The Hall–Kier alpha value is -8.09. The summed E-state index contributed by atoms with van der Waals surface area (Å²) in [7, 11) is 0. The van der Waals surface area contributed by atoms with Crippen LogP contribution in [0.25, 0.3) is 83.8 Å². The van der Waals surface area contributed by atoms with Crippen LogP contribution in [0.2, 0.25) is 0 Å². The first-order valence-electron chi connectivity index (χ1n) is 20.2. The Morgan fingerprint density at radius 2 is 0.950 bits per heavy atom. The summed E-state index contributed by atoms with van der Waals surface area (Å²) in [5.41, 5.74) is 11.5. The third kappa shape index (κ3) is 5.17. The van der Waals surface area contributed by atoms with Gasteiger partial charge in [-0.3, -0.25) is 4.57 Å². The molecule has 6 nitrogen and oxygen atoms in total. The summed E-state index contributed by atoms with van der Waals surface area (Å²) in [5, 5.41) is 4.57. The van der Waals surface area contributed by atoms with Crippen molar-refractivity contribution in [1.29, 1.82) is 0 Å². The Balaban J connectivity index is 1.05. The van der Waals surface area contributed by atoms with Crippen LogP contribution in [-0.4, -0.2) is 29.5 Å². The average molecular weight is 767 g/mol. The lowest BCUT2D eigenvalue weighted by molar-refractivity contribution is 0.769. The number of hydrogen-bond donors (Lipinski definition) is 0. The number of rotatable bonds is 6. The van der Waals surface area contributed by atoms with Crippen molar-refractivity contribution in [3.05, 3.63) is 229 Å². The summed E-state index contributed by atoms with van der Waals surface area (Å²) >= 11 is 0. The van der Waals surface area contributed by atoms with Gasteiger partial charge in [-0.05, 0) is 68.4 Å². The molecule has 280 valence electrons. The van der Waals surface area contributed by atoms with Gasteiger partial charge in [0.05, 0.1) is 22.0 Å². The van der Waals surface area contributed by atoms with E-state index in [2.05, 4.69) is 156 Å². The highest BCUT2D eigenvalue weighted by molar-refractivity contribution is 6.11. The van der Waals surface area contributed by atoms with Crippen molar-refractivity contribution in [1.82, 2.24) is 29.5 Å². The predicted octanol–water partition coefficient (Wildman–Crippen LogP) is 12.3. The minimum atomic E-state index is -0.535. The lowest BCUT2D eigenvalue weighted by Gasteiger charge is -2.34. The van der Waals surface area contributed by atoms with E-state index in [9.17, 15) is 0 Å². The molecule has 0 N–H and O–H groups in total. The maximum absolute atomic E-state index is 5.08. The fourth-order valence-electron chi connectivity index (χ4n) is 9.35. The molecule has 1 aliphatic carbocycles. The summed E-state index contributed by atoms with van der Waals surface area (Å²) < 4.78 is 2.20. The average Bonchev–Trinajstić information content (AvgIpc) is 3.81. The maximum Gasteiger partial charge on any atom is 0.234 e. The fraction of sp³-hybridized carbons (Fsp3) is 0.0185. The molecule has 0 fully saturated rings. The van der Waals surface area contributed by atoms with Crippen LogP contribution >= 0.6 is 0 Å². The highest BCUT2D eigenvalue weighted by Gasteiger charge is 2.46. The SMILES string of the molecule is c1ccc(-c2nc(-c3cnc(-n4c5ccccc5c5cc6c(cc54)C(c4ccccc4)(c4ccccc4)c4ccccc4-6)nc3)nc(-c3ccc4ccccc4c3)n2)cc1. The zero-order valence-electron chi connectivity index (χ0n) is 32.3. The number of aromatic nitrogens is 6. The summed E-state index contributed by atoms with van der Waals surface area (Å²) in [6.07, 6.45) is 3.66. The Bertz CT molecular complexity index is 3380. The Kier molecular flexibility index (Phi) is 7.65. The maximum atomic E-state index is 5.08. The molecule has 0 bridgehead atoms. The van der Waals surface area contributed by atoms with E-state index < -0.39 is 5.41 Å². The quantitative estimate of drug-likeness (QED) is 0.169. The lowest BCUT2D eigenvalue weighted by atomic mass is 9.67. The van der Waals surface area contributed by atoms with Crippen molar-refractivity contribution in [2.45, 2.75) is 5.41 Å². The van der Waals surface area contributed by atoms with Crippen LogP contribution in [0.15, 0.2) is 207 Å². The molecule has 0 atom stereocenters. The minimum absolute atomic E-state index is 0.506. The van der Waals surface area contributed by atoms with Crippen molar-refractivity contribution < 1.29 is 0 Å². The molecule has 12 rings (SSSR count). The van der Waals surface area contributed by atoms with Crippen molar-refractivity contribution in [2.75, 3.05) is 0 Å². The van der Waals surface area contributed by atoms with E-state index >= 15 is 0 Å². The highest BCUT2D eigenvalue weighted by atomic mass is 15.2. The first kappa shape index (κ1) is 34.0. The molecule has 11 aromatic rings. The number of nitrogens with zero attached hydrogens (tertiary/aromatic N) is 6. The number of fused-ring (bicyclic) bond motifs is 7. The Labute approximate surface area is 346 Å². The standard InChI is InChI=1S/C54H34N6/c1-4-17-36(18-5-1)50-57-51(38-29-28-35-16-10-11-19-37(35)30-38)59-52(58-50)39-33-55-53(56-34-39)60-48-27-15-13-25-43(48)45-31-44-42-24-12-14-26-46(42)54(47(44)32-49(45)60,40-20-6-2-7-21-40)41-22-8-3-9-23-41/h1-34H. The summed E-state index contributed by atoms with van der Waals surface area (Å²) in [6, 6.07) is 68.6. The molecule has 0 saturated carbocycles. The van der Waals surface area contributed by atoms with Crippen LogP contribution < -0.4 is 0 Å². The fourth-order valence-corrected chi connectivity index (χ4v) is 9.35. The molecule has 3 aromatic heterocycles. The smallest absolute Gasteiger partial charge is 0.234 e. The highest BCUT2D eigenvalue weighted by Crippen LogP contribution is 2.57. The van der Waals surface area contributed by atoms with Gasteiger partial charge >= 0.3 is 0 Å². The van der Waals surface area contributed by atoms with Crippen molar-refractivity contribution in [2.24, 2.45) is 0 Å². The molecule has 0 radical (unpaired) electrons. The number of benzene rings is 8. The molecule has 0 saturated heterocycles. The van der Waals surface area contributed by atoms with Crippen LogP contribution in [0.3, 0.4) is 0 Å². The summed E-state index contributed by atoms with van der Waals surface area (Å²) in [5.74, 6) is 2.25. The second-order valence-electron chi connectivity index (χ2n) is 15.3. The molecule has 3 heterocycles. The molecule has 0 aliphatic heterocycles. The first-order chi connectivity index (χ1) is 29.7. The lowest BCUT2D eigenvalue weighted by Crippen LogP contribution is -2.28. The molecule has 6 heteroatoms. The van der Waals surface area contributed by atoms with Gasteiger partial charge in [-0.1, -0.05) is 170 Å². The van der Waals surface area contributed by atoms with Crippen molar-refractivity contribution in [3.8, 4) is 51.2 Å². The first-order valence-corrected chi connectivity index (χ1v) is 20.2. The van der Waals surface area contributed by atoms with Gasteiger partial charge in [0.25, 0.3) is 0 Å². The van der Waals surface area contributed by atoms with Crippen LogP contribution in [0.5, 0.6) is 0 Å². The molecule has 1 aliphatic rings. The third-order valence-corrected chi connectivity index (χ3v) is 12.0. The van der Waals surface area contributed by atoms with Gasteiger partial charge in [-0.15, -0.1) is 0 Å². The van der Waals surface area contributed by atoms with E-state index in [1.165, 1.54) is 33.4 Å². The van der Waals surface area contributed by atoms with Gasteiger partial charge in [-0.25, -0.2) is 24.9 Å². The monoisotopic (exact) mass is 766 g/mol. The van der Waals surface area contributed by atoms with E-state index in [1.807, 2.05) is 54.9 Å². The van der Waals surface area contributed by atoms with E-state index in [4.69, 9.17) is 24.9 Å². The van der Waals surface area contributed by atoms with E-state index in [1.54, 1.807) is 0 Å². The zero-order valence-corrected chi connectivity index (χ0v) is 32.3. The van der Waals surface area contributed by atoms with E-state index in [-0.39, 0.29) is 0 Å². The van der Waals surface area contributed by atoms with Gasteiger partial charge in [0.1, 0.15) is 0 Å². The zero-order chi connectivity index (χ0) is 39.6. The summed E-state index contributed by atoms with van der Waals surface area (Å²) in [4.78, 5) is 25.1. The van der Waals surface area contributed by atoms with Gasteiger partial charge in [0, 0.05) is 34.3 Å². The second-order valence-corrected chi connectivity index (χ2v) is 15.3. The topological polar surface area (TPSA) is 69.4 Å². The Morgan fingerprint density at radius 3 is 1.68 bits per heavy atom. The van der Waals surface area contributed by atoms with Gasteiger partial charge < -0.3 is 0 Å². The molecule has 60 heavy (non-hydrogen) atoms. The molecular weight excluding hydrogens is 733 g/mol. The molecule has 0 unspecified atom stereocenters. The normalized spacial score (nSPS) is 12.8. The van der Waals surface area contributed by atoms with E-state index in [0.29, 0.717) is 29.0 Å². The van der Waals surface area contributed by atoms with Crippen LogP contribution in [0, 0.1) is 0 Å². The van der Waals surface area contributed by atoms with Crippen LogP contribution in [0.1, 0.15) is 22.3 Å². The number of para-hydroxylation sites is 1. The van der Waals surface area contributed by atoms with Crippen molar-refractivity contribution in [3.63, 3.8) is 0 Å². The van der Waals surface area contributed by atoms with Gasteiger partial charge in [-0.2, -0.15) is 0 Å². The molecule has 8 aromatic carbocycles.